The Morgan fingerprint density at radius 2 is 2.17 bits per heavy atom. The molecule has 0 aliphatic carbocycles. The summed E-state index contributed by atoms with van der Waals surface area (Å²) >= 11 is 0. The van der Waals surface area contributed by atoms with E-state index in [9.17, 15) is 9.18 Å². The first-order valence-corrected chi connectivity index (χ1v) is 5.92. The molecule has 2 N–H and O–H groups in total. The average molecular weight is 252 g/mol. The molecule has 98 valence electrons. The molecule has 0 saturated heterocycles. The summed E-state index contributed by atoms with van der Waals surface area (Å²) in [7, 11) is 0. The van der Waals surface area contributed by atoms with Crippen LogP contribution in [0.25, 0.3) is 0 Å². The highest BCUT2D eigenvalue weighted by Crippen LogP contribution is 2.29. The van der Waals surface area contributed by atoms with E-state index in [0.29, 0.717) is 12.0 Å². The second-order valence-electron chi connectivity index (χ2n) is 5.26. The van der Waals surface area contributed by atoms with E-state index in [1.165, 1.54) is 6.07 Å². The van der Waals surface area contributed by atoms with Gasteiger partial charge in [-0.15, -0.1) is 0 Å². The van der Waals surface area contributed by atoms with Crippen molar-refractivity contribution in [1.29, 1.82) is 0 Å². The van der Waals surface area contributed by atoms with Crippen LogP contribution in [0.4, 0.5) is 20.6 Å². The van der Waals surface area contributed by atoms with Crippen molar-refractivity contribution in [3.8, 4) is 0 Å². The number of benzene rings is 1. The van der Waals surface area contributed by atoms with Crippen LogP contribution in [0, 0.1) is 5.82 Å². The summed E-state index contributed by atoms with van der Waals surface area (Å²) in [4.78, 5) is 11.6. The standard InChI is InChI=1S/C13H17FN2O2/c1-13(2,3)18-12(17)16-10-5-4-9-8(11(10)14)6-7-15-9/h4-5,15H,6-7H2,1-3H3,(H,16,17). The Bertz CT molecular complexity index is 481. The number of rotatable bonds is 1. The third-order valence-electron chi connectivity index (χ3n) is 2.57. The average Bonchev–Trinajstić information content (AvgIpc) is 2.68. The molecule has 0 spiro atoms. The van der Waals surface area contributed by atoms with Crippen LogP contribution in [0.3, 0.4) is 0 Å². The van der Waals surface area contributed by atoms with Crippen molar-refractivity contribution >= 4 is 17.5 Å². The maximum absolute atomic E-state index is 14.1. The molecule has 1 aromatic carbocycles. The van der Waals surface area contributed by atoms with E-state index in [2.05, 4.69) is 10.6 Å². The van der Waals surface area contributed by atoms with Crippen molar-refractivity contribution in [2.45, 2.75) is 32.8 Å². The maximum atomic E-state index is 14.1. The molecular formula is C13H17FN2O2. The smallest absolute Gasteiger partial charge is 0.412 e. The molecule has 4 nitrogen and oxygen atoms in total. The number of nitrogens with one attached hydrogen (secondary N) is 2. The first-order valence-electron chi connectivity index (χ1n) is 5.92. The molecule has 0 bridgehead atoms. The van der Waals surface area contributed by atoms with Crippen molar-refractivity contribution in [2.75, 3.05) is 17.2 Å². The fourth-order valence-corrected chi connectivity index (χ4v) is 1.86. The van der Waals surface area contributed by atoms with Crippen molar-refractivity contribution in [3.63, 3.8) is 0 Å². The van der Waals surface area contributed by atoms with Gasteiger partial charge in [0.15, 0.2) is 5.82 Å². The van der Waals surface area contributed by atoms with Crippen molar-refractivity contribution in [2.24, 2.45) is 0 Å². The van der Waals surface area contributed by atoms with E-state index in [1.807, 2.05) is 0 Å². The second-order valence-corrected chi connectivity index (χ2v) is 5.26. The normalized spacial score (nSPS) is 13.8. The molecule has 2 rings (SSSR count). The lowest BCUT2D eigenvalue weighted by atomic mass is 10.1. The monoisotopic (exact) mass is 252 g/mol. The molecule has 1 aliphatic rings. The number of amides is 1. The SMILES string of the molecule is CC(C)(C)OC(=O)Nc1ccc2c(c1F)CCN2. The number of ether oxygens (including phenoxy) is 1. The first kappa shape index (κ1) is 12.7. The summed E-state index contributed by atoms with van der Waals surface area (Å²) in [6.45, 7) is 6.00. The zero-order valence-corrected chi connectivity index (χ0v) is 10.8. The van der Waals surface area contributed by atoms with Gasteiger partial charge in [0.2, 0.25) is 0 Å². The molecule has 1 amide bonds. The second kappa shape index (κ2) is 4.48. The van der Waals surface area contributed by atoms with E-state index < -0.39 is 11.7 Å². The van der Waals surface area contributed by atoms with E-state index in [0.717, 1.165) is 12.2 Å². The zero-order chi connectivity index (χ0) is 13.3. The number of fused-ring (bicyclic) bond motifs is 1. The molecule has 0 atom stereocenters. The molecule has 1 heterocycles. The summed E-state index contributed by atoms with van der Waals surface area (Å²) in [5.41, 5.74) is 0.969. The van der Waals surface area contributed by atoms with Gasteiger partial charge in [0, 0.05) is 17.8 Å². The van der Waals surface area contributed by atoms with E-state index in [1.54, 1.807) is 26.8 Å². The number of hydrogen-bond donors (Lipinski definition) is 2. The van der Waals surface area contributed by atoms with Gasteiger partial charge in [-0.2, -0.15) is 0 Å². The van der Waals surface area contributed by atoms with Crippen LogP contribution in [-0.2, 0) is 11.2 Å². The Morgan fingerprint density at radius 1 is 1.44 bits per heavy atom. The Hall–Kier alpha value is -1.78. The molecule has 5 heteroatoms. The fraction of sp³-hybridized carbons (Fsp3) is 0.462. The van der Waals surface area contributed by atoms with Crippen LogP contribution in [0.5, 0.6) is 0 Å². The molecule has 1 aromatic rings. The number of carbonyl (C=O) groups is 1. The molecule has 0 fully saturated rings. The quantitative estimate of drug-likeness (QED) is 0.807. The summed E-state index contributed by atoms with van der Waals surface area (Å²) in [5, 5.41) is 5.51. The lowest BCUT2D eigenvalue weighted by molar-refractivity contribution is 0.0635. The highest BCUT2D eigenvalue weighted by molar-refractivity contribution is 5.86. The lowest BCUT2D eigenvalue weighted by Crippen LogP contribution is -2.27. The van der Waals surface area contributed by atoms with E-state index >= 15 is 0 Å². The predicted octanol–water partition coefficient (Wildman–Crippen LogP) is 3.14. The van der Waals surface area contributed by atoms with Crippen LogP contribution in [-0.4, -0.2) is 18.2 Å². The van der Waals surface area contributed by atoms with Crippen molar-refractivity contribution < 1.29 is 13.9 Å². The van der Waals surface area contributed by atoms with Crippen LogP contribution in [0.2, 0.25) is 0 Å². The molecule has 0 unspecified atom stereocenters. The minimum Gasteiger partial charge on any atom is -0.444 e. The number of hydrogen-bond acceptors (Lipinski definition) is 3. The van der Waals surface area contributed by atoms with Crippen molar-refractivity contribution in [3.05, 3.63) is 23.5 Å². The summed E-state index contributed by atoms with van der Waals surface area (Å²) in [6.07, 6.45) is -0.0160. The molecule has 0 saturated carbocycles. The number of halogens is 1. The largest absolute Gasteiger partial charge is 0.444 e. The van der Waals surface area contributed by atoms with Crippen LogP contribution < -0.4 is 10.6 Å². The third-order valence-corrected chi connectivity index (χ3v) is 2.57. The van der Waals surface area contributed by atoms with Gasteiger partial charge in [-0.25, -0.2) is 9.18 Å². The van der Waals surface area contributed by atoms with Gasteiger partial charge in [0.25, 0.3) is 0 Å². The molecule has 1 aliphatic heterocycles. The van der Waals surface area contributed by atoms with Gasteiger partial charge < -0.3 is 10.1 Å². The van der Waals surface area contributed by atoms with Gasteiger partial charge in [0.1, 0.15) is 5.60 Å². The van der Waals surface area contributed by atoms with Crippen LogP contribution in [0.1, 0.15) is 26.3 Å². The summed E-state index contributed by atoms with van der Waals surface area (Å²) in [5.74, 6) is -0.386. The van der Waals surface area contributed by atoms with Gasteiger partial charge in [-0.1, -0.05) is 0 Å². The van der Waals surface area contributed by atoms with E-state index in [-0.39, 0.29) is 11.5 Å². The molecule has 0 radical (unpaired) electrons. The van der Waals surface area contributed by atoms with Crippen molar-refractivity contribution in [1.82, 2.24) is 0 Å². The highest BCUT2D eigenvalue weighted by Gasteiger charge is 2.21. The molecular weight excluding hydrogens is 235 g/mol. The van der Waals surface area contributed by atoms with E-state index in [4.69, 9.17) is 4.74 Å². The Balaban J connectivity index is 2.13. The predicted molar refractivity (Wildman–Crippen MR) is 68.5 cm³/mol. The zero-order valence-electron chi connectivity index (χ0n) is 10.8. The van der Waals surface area contributed by atoms with Crippen LogP contribution >= 0.6 is 0 Å². The fourth-order valence-electron chi connectivity index (χ4n) is 1.86. The molecule has 18 heavy (non-hydrogen) atoms. The first-order chi connectivity index (χ1) is 8.37. The minimum absolute atomic E-state index is 0.159. The Labute approximate surface area is 106 Å². The Kier molecular flexibility index (Phi) is 3.15. The van der Waals surface area contributed by atoms with Gasteiger partial charge in [-0.05, 0) is 39.3 Å². The summed E-state index contributed by atoms with van der Waals surface area (Å²) < 4.78 is 19.1. The topological polar surface area (TPSA) is 50.4 Å². The van der Waals surface area contributed by atoms with Gasteiger partial charge in [0.05, 0.1) is 5.69 Å². The lowest BCUT2D eigenvalue weighted by Gasteiger charge is -2.20. The van der Waals surface area contributed by atoms with Gasteiger partial charge in [-0.3, -0.25) is 5.32 Å². The Morgan fingerprint density at radius 3 is 2.83 bits per heavy atom. The highest BCUT2D eigenvalue weighted by atomic mass is 19.1. The van der Waals surface area contributed by atoms with Crippen LogP contribution in [0.15, 0.2) is 12.1 Å². The minimum atomic E-state index is -0.646. The molecule has 0 aromatic heterocycles. The van der Waals surface area contributed by atoms with Gasteiger partial charge >= 0.3 is 6.09 Å². The number of carbonyl (C=O) groups excluding carboxylic acids is 1. The maximum Gasteiger partial charge on any atom is 0.412 e. The number of anilines is 2. The third kappa shape index (κ3) is 2.72. The summed E-state index contributed by atoms with van der Waals surface area (Å²) in [6, 6.07) is 3.30.